The Labute approximate surface area is 118 Å². The third-order valence-corrected chi connectivity index (χ3v) is 4.61. The van der Waals surface area contributed by atoms with Gasteiger partial charge in [-0.25, -0.2) is 0 Å². The van der Waals surface area contributed by atoms with Crippen LogP contribution in [0.15, 0.2) is 12.2 Å². The molecule has 2 aliphatic rings. The first-order chi connectivity index (χ1) is 8.71. The van der Waals surface area contributed by atoms with Crippen molar-refractivity contribution in [3.05, 3.63) is 12.2 Å². The van der Waals surface area contributed by atoms with Gasteiger partial charge in [-0.05, 0) is 41.6 Å². The lowest BCUT2D eigenvalue weighted by Gasteiger charge is -2.26. The second-order valence-corrected chi connectivity index (χ2v) is 8.11. The number of hydrogen-bond acceptors (Lipinski definition) is 2. The quantitative estimate of drug-likeness (QED) is 0.710. The van der Waals surface area contributed by atoms with Crippen LogP contribution in [0, 0.1) is 16.7 Å². The molecule has 2 fully saturated rings. The molecule has 2 heterocycles. The fourth-order valence-corrected chi connectivity index (χ4v) is 3.33. The highest BCUT2D eigenvalue weighted by Crippen LogP contribution is 2.43. The van der Waals surface area contributed by atoms with E-state index in [2.05, 4.69) is 41.2 Å². The first kappa shape index (κ1) is 15.1. The van der Waals surface area contributed by atoms with E-state index in [0.29, 0.717) is 17.4 Å². The van der Waals surface area contributed by atoms with Gasteiger partial charge in [-0.2, -0.15) is 0 Å². The summed E-state index contributed by atoms with van der Waals surface area (Å²) in [5.74, 6) is 0.608. The molecule has 3 atom stereocenters. The van der Waals surface area contributed by atoms with E-state index in [4.69, 9.17) is 9.47 Å². The van der Waals surface area contributed by atoms with Crippen LogP contribution in [0.5, 0.6) is 0 Å². The van der Waals surface area contributed by atoms with Crippen LogP contribution in [0.2, 0.25) is 0 Å². The molecule has 2 rings (SSSR count). The fourth-order valence-electron chi connectivity index (χ4n) is 3.33. The van der Waals surface area contributed by atoms with Gasteiger partial charge < -0.3 is 9.47 Å². The monoisotopic (exact) mass is 266 g/mol. The van der Waals surface area contributed by atoms with Gasteiger partial charge in [0.25, 0.3) is 0 Å². The van der Waals surface area contributed by atoms with E-state index in [0.717, 1.165) is 32.5 Å². The van der Waals surface area contributed by atoms with Crippen molar-refractivity contribution in [3.8, 4) is 0 Å². The second-order valence-electron chi connectivity index (χ2n) is 8.11. The summed E-state index contributed by atoms with van der Waals surface area (Å²) >= 11 is 0. The predicted octanol–water partition coefficient (Wildman–Crippen LogP) is 4.20. The molecule has 0 radical (unpaired) electrons. The van der Waals surface area contributed by atoms with E-state index >= 15 is 0 Å². The minimum Gasteiger partial charge on any atom is -0.377 e. The molecule has 19 heavy (non-hydrogen) atoms. The molecular weight excluding hydrogens is 236 g/mol. The summed E-state index contributed by atoms with van der Waals surface area (Å²) in [6, 6.07) is 0. The maximum atomic E-state index is 5.95. The van der Waals surface area contributed by atoms with Crippen LogP contribution in [0.1, 0.15) is 53.9 Å². The fraction of sp³-hybridized carbons (Fsp3) is 0.882. The molecule has 1 unspecified atom stereocenters. The molecule has 0 aromatic rings. The average Bonchev–Trinajstić information content (AvgIpc) is 2.82. The van der Waals surface area contributed by atoms with Crippen molar-refractivity contribution in [2.24, 2.45) is 16.7 Å². The molecule has 2 saturated heterocycles. The molecule has 110 valence electrons. The van der Waals surface area contributed by atoms with Crippen molar-refractivity contribution in [1.29, 1.82) is 0 Å². The Bertz CT molecular complexity index is 345. The first-order valence-corrected chi connectivity index (χ1v) is 7.62. The Morgan fingerprint density at radius 3 is 2.32 bits per heavy atom. The lowest BCUT2D eigenvalue weighted by atomic mass is 9.78. The van der Waals surface area contributed by atoms with Crippen LogP contribution in [0.25, 0.3) is 0 Å². The van der Waals surface area contributed by atoms with Gasteiger partial charge >= 0.3 is 0 Å². The van der Waals surface area contributed by atoms with E-state index < -0.39 is 0 Å². The smallest absolute Gasteiger partial charge is 0.0788 e. The molecule has 2 heteroatoms. The van der Waals surface area contributed by atoms with Gasteiger partial charge in [0.05, 0.1) is 25.4 Å². The van der Waals surface area contributed by atoms with Crippen LogP contribution < -0.4 is 0 Å². The standard InChI is InChI=1S/C17H30O2/c1-12(2)14-9-17(6,11-19-14)7-13(3)15-8-16(4,5)10-18-15/h12,14-15H,3,7-11H2,1-2,4-6H3/t14-,15+,17?/m0/s1. The number of rotatable bonds is 4. The highest BCUT2D eigenvalue weighted by atomic mass is 16.5. The summed E-state index contributed by atoms with van der Waals surface area (Å²) in [6.45, 7) is 17.4. The molecule has 2 aliphatic heterocycles. The summed E-state index contributed by atoms with van der Waals surface area (Å²) in [5.41, 5.74) is 1.82. The molecule has 0 bridgehead atoms. The van der Waals surface area contributed by atoms with Crippen LogP contribution in [-0.4, -0.2) is 25.4 Å². The van der Waals surface area contributed by atoms with Crippen molar-refractivity contribution >= 4 is 0 Å². The second kappa shape index (κ2) is 5.21. The Balaban J connectivity index is 1.89. The van der Waals surface area contributed by atoms with Gasteiger partial charge in [0, 0.05) is 0 Å². The highest BCUT2D eigenvalue weighted by molar-refractivity contribution is 5.10. The van der Waals surface area contributed by atoms with Gasteiger partial charge in [0.15, 0.2) is 0 Å². The van der Waals surface area contributed by atoms with Crippen molar-refractivity contribution in [2.75, 3.05) is 13.2 Å². The van der Waals surface area contributed by atoms with E-state index in [1.54, 1.807) is 0 Å². The van der Waals surface area contributed by atoms with E-state index in [-0.39, 0.29) is 11.5 Å². The summed E-state index contributed by atoms with van der Waals surface area (Å²) < 4.78 is 11.9. The maximum Gasteiger partial charge on any atom is 0.0788 e. The minimum atomic E-state index is 0.252. The molecule has 0 saturated carbocycles. The Morgan fingerprint density at radius 1 is 1.16 bits per heavy atom. The molecule has 2 nitrogen and oxygen atoms in total. The molecule has 0 aromatic heterocycles. The molecule has 0 aliphatic carbocycles. The van der Waals surface area contributed by atoms with E-state index in [1.165, 1.54) is 5.57 Å². The topological polar surface area (TPSA) is 18.5 Å². The van der Waals surface area contributed by atoms with Crippen molar-refractivity contribution in [1.82, 2.24) is 0 Å². The lowest BCUT2D eigenvalue weighted by molar-refractivity contribution is 0.0664. The van der Waals surface area contributed by atoms with Crippen molar-refractivity contribution in [2.45, 2.75) is 66.1 Å². The van der Waals surface area contributed by atoms with Gasteiger partial charge in [0.2, 0.25) is 0 Å². The number of hydrogen-bond donors (Lipinski definition) is 0. The van der Waals surface area contributed by atoms with Crippen molar-refractivity contribution < 1.29 is 9.47 Å². The zero-order valence-electron chi connectivity index (χ0n) is 13.3. The van der Waals surface area contributed by atoms with Gasteiger partial charge in [-0.3, -0.25) is 0 Å². The summed E-state index contributed by atoms with van der Waals surface area (Å²) in [7, 11) is 0. The normalized spacial score (nSPS) is 38.0. The summed E-state index contributed by atoms with van der Waals surface area (Å²) in [5, 5.41) is 0. The SMILES string of the molecule is C=C(CC1(C)CO[C@H](C(C)C)C1)[C@H]1CC(C)(C)CO1. The Kier molecular flexibility index (Phi) is 4.13. The maximum absolute atomic E-state index is 5.95. The largest absolute Gasteiger partial charge is 0.377 e. The highest BCUT2D eigenvalue weighted by Gasteiger charge is 2.40. The van der Waals surface area contributed by atoms with Crippen LogP contribution >= 0.6 is 0 Å². The van der Waals surface area contributed by atoms with Gasteiger partial charge in [-0.1, -0.05) is 41.2 Å². The van der Waals surface area contributed by atoms with Crippen LogP contribution in [-0.2, 0) is 9.47 Å². The zero-order chi connectivity index (χ0) is 14.3. The average molecular weight is 266 g/mol. The summed E-state index contributed by atoms with van der Waals surface area (Å²) in [4.78, 5) is 0. The van der Waals surface area contributed by atoms with E-state index in [9.17, 15) is 0 Å². The predicted molar refractivity (Wildman–Crippen MR) is 79.2 cm³/mol. The van der Waals surface area contributed by atoms with Crippen molar-refractivity contribution in [3.63, 3.8) is 0 Å². The first-order valence-electron chi connectivity index (χ1n) is 7.62. The third-order valence-electron chi connectivity index (χ3n) is 4.61. The van der Waals surface area contributed by atoms with Crippen LogP contribution in [0.4, 0.5) is 0 Å². The molecule has 0 N–H and O–H groups in total. The van der Waals surface area contributed by atoms with E-state index in [1.807, 2.05) is 0 Å². The third kappa shape index (κ3) is 3.61. The summed E-state index contributed by atoms with van der Waals surface area (Å²) in [6.07, 6.45) is 3.97. The number of ether oxygens (including phenoxy) is 2. The van der Waals surface area contributed by atoms with Crippen LogP contribution in [0.3, 0.4) is 0 Å². The molecular formula is C17H30O2. The zero-order valence-corrected chi connectivity index (χ0v) is 13.3. The molecule has 0 aromatic carbocycles. The molecule has 0 spiro atoms. The Hall–Kier alpha value is -0.340. The Morgan fingerprint density at radius 2 is 1.84 bits per heavy atom. The molecule has 0 amide bonds. The van der Waals surface area contributed by atoms with Gasteiger partial charge in [0.1, 0.15) is 0 Å². The minimum absolute atomic E-state index is 0.252. The van der Waals surface area contributed by atoms with Gasteiger partial charge in [-0.15, -0.1) is 0 Å². The lowest BCUT2D eigenvalue weighted by Crippen LogP contribution is -2.22.